The van der Waals surface area contributed by atoms with Crippen LogP contribution in [0.4, 0.5) is 0 Å². The molecule has 0 aliphatic rings. The van der Waals surface area contributed by atoms with Crippen LogP contribution in [0.1, 0.15) is 23.9 Å². The van der Waals surface area contributed by atoms with E-state index in [9.17, 15) is 0 Å². The van der Waals surface area contributed by atoms with Crippen LogP contribution < -0.4 is 10.5 Å². The third-order valence-electron chi connectivity index (χ3n) is 3.12. The Hall–Kier alpha value is -1.81. The molecule has 4 heteroatoms. The van der Waals surface area contributed by atoms with Crippen molar-refractivity contribution < 1.29 is 4.74 Å². The molecule has 1 heterocycles. The molecule has 0 spiro atoms. The van der Waals surface area contributed by atoms with Crippen molar-refractivity contribution in [2.75, 3.05) is 7.11 Å². The van der Waals surface area contributed by atoms with Crippen LogP contribution in [0.3, 0.4) is 0 Å². The van der Waals surface area contributed by atoms with Crippen LogP contribution in [-0.4, -0.2) is 16.7 Å². The molecular formula is C14H19N3O. The Labute approximate surface area is 107 Å². The van der Waals surface area contributed by atoms with Gasteiger partial charge in [0.25, 0.3) is 0 Å². The van der Waals surface area contributed by atoms with Crippen molar-refractivity contribution in [1.29, 1.82) is 0 Å². The molecule has 18 heavy (non-hydrogen) atoms. The van der Waals surface area contributed by atoms with Crippen molar-refractivity contribution in [2.45, 2.75) is 18.9 Å². The number of aryl methyl sites for hydroxylation is 2. The summed E-state index contributed by atoms with van der Waals surface area (Å²) in [5, 5.41) is 0. The van der Waals surface area contributed by atoms with Gasteiger partial charge in [-0.15, -0.1) is 0 Å². The van der Waals surface area contributed by atoms with Gasteiger partial charge < -0.3 is 15.0 Å². The van der Waals surface area contributed by atoms with Crippen LogP contribution >= 0.6 is 0 Å². The molecule has 2 N–H and O–H groups in total. The summed E-state index contributed by atoms with van der Waals surface area (Å²) in [6.07, 6.45) is 5.51. The third kappa shape index (κ3) is 2.90. The van der Waals surface area contributed by atoms with Gasteiger partial charge >= 0.3 is 0 Å². The summed E-state index contributed by atoms with van der Waals surface area (Å²) < 4.78 is 7.23. The number of benzene rings is 1. The van der Waals surface area contributed by atoms with Gasteiger partial charge in [-0.3, -0.25) is 0 Å². The lowest BCUT2D eigenvalue weighted by Gasteiger charge is -2.13. The standard InChI is InChI=1S/C14H19N3O/c1-17-9-8-16-14(17)7-6-13(15)11-4-3-5-12(10-11)18-2/h3-5,8-10,13H,6-7,15H2,1-2H3. The SMILES string of the molecule is COc1cccc(C(N)CCc2nccn2C)c1. The highest BCUT2D eigenvalue weighted by Crippen LogP contribution is 2.20. The fraction of sp³-hybridized carbons (Fsp3) is 0.357. The third-order valence-corrected chi connectivity index (χ3v) is 3.12. The second-order valence-electron chi connectivity index (χ2n) is 4.38. The zero-order valence-electron chi connectivity index (χ0n) is 10.8. The Kier molecular flexibility index (Phi) is 3.99. The Morgan fingerprint density at radius 1 is 1.44 bits per heavy atom. The summed E-state index contributed by atoms with van der Waals surface area (Å²) in [6, 6.07) is 7.93. The lowest BCUT2D eigenvalue weighted by Crippen LogP contribution is -2.12. The summed E-state index contributed by atoms with van der Waals surface area (Å²) in [5.41, 5.74) is 7.29. The fourth-order valence-electron chi connectivity index (χ4n) is 1.96. The van der Waals surface area contributed by atoms with Crippen molar-refractivity contribution in [3.8, 4) is 5.75 Å². The summed E-state index contributed by atoms with van der Waals surface area (Å²) in [4.78, 5) is 4.30. The monoisotopic (exact) mass is 245 g/mol. The molecular weight excluding hydrogens is 226 g/mol. The minimum absolute atomic E-state index is 0.0109. The minimum Gasteiger partial charge on any atom is -0.497 e. The first kappa shape index (κ1) is 12.6. The lowest BCUT2D eigenvalue weighted by atomic mass is 10.0. The van der Waals surface area contributed by atoms with E-state index < -0.39 is 0 Å². The number of nitrogens with zero attached hydrogens (tertiary/aromatic N) is 2. The Balaban J connectivity index is 1.99. The van der Waals surface area contributed by atoms with Crippen LogP contribution in [0.25, 0.3) is 0 Å². The van der Waals surface area contributed by atoms with Crippen LogP contribution in [0.15, 0.2) is 36.7 Å². The Morgan fingerprint density at radius 2 is 2.28 bits per heavy atom. The Morgan fingerprint density at radius 3 is 2.94 bits per heavy atom. The Bertz CT molecular complexity index is 507. The van der Waals surface area contributed by atoms with Gasteiger partial charge in [0.05, 0.1) is 7.11 Å². The number of imidazole rings is 1. The van der Waals surface area contributed by atoms with Crippen LogP contribution in [0, 0.1) is 0 Å². The zero-order chi connectivity index (χ0) is 13.0. The average molecular weight is 245 g/mol. The first-order valence-corrected chi connectivity index (χ1v) is 6.06. The second kappa shape index (κ2) is 5.69. The number of ether oxygens (including phenoxy) is 1. The lowest BCUT2D eigenvalue weighted by molar-refractivity contribution is 0.413. The van der Waals surface area contributed by atoms with Gasteiger partial charge in [-0.1, -0.05) is 12.1 Å². The maximum atomic E-state index is 6.19. The fourth-order valence-corrected chi connectivity index (χ4v) is 1.96. The quantitative estimate of drug-likeness (QED) is 0.877. The van der Waals surface area contributed by atoms with E-state index in [1.165, 1.54) is 0 Å². The molecule has 0 aliphatic heterocycles. The molecule has 4 nitrogen and oxygen atoms in total. The van der Waals surface area contributed by atoms with Crippen molar-refractivity contribution in [1.82, 2.24) is 9.55 Å². The smallest absolute Gasteiger partial charge is 0.119 e. The van der Waals surface area contributed by atoms with E-state index in [0.717, 1.165) is 30.0 Å². The van der Waals surface area contributed by atoms with Crippen molar-refractivity contribution in [3.05, 3.63) is 48.0 Å². The number of aromatic nitrogens is 2. The molecule has 1 atom stereocenters. The predicted molar refractivity (Wildman–Crippen MR) is 71.5 cm³/mol. The van der Waals surface area contributed by atoms with E-state index in [1.54, 1.807) is 7.11 Å². The average Bonchev–Trinajstić information content (AvgIpc) is 2.81. The zero-order valence-corrected chi connectivity index (χ0v) is 10.8. The molecule has 0 radical (unpaired) electrons. The predicted octanol–water partition coefficient (Wildman–Crippen LogP) is 2.06. The highest BCUT2D eigenvalue weighted by Gasteiger charge is 2.09. The van der Waals surface area contributed by atoms with Gasteiger partial charge in [0, 0.05) is 31.9 Å². The van der Waals surface area contributed by atoms with E-state index in [4.69, 9.17) is 10.5 Å². The summed E-state index contributed by atoms with van der Waals surface area (Å²) in [5.74, 6) is 1.91. The maximum absolute atomic E-state index is 6.19. The molecule has 2 aromatic rings. The molecule has 0 aliphatic carbocycles. The molecule has 0 saturated carbocycles. The molecule has 0 amide bonds. The highest BCUT2D eigenvalue weighted by atomic mass is 16.5. The van der Waals surface area contributed by atoms with E-state index in [0.29, 0.717) is 0 Å². The van der Waals surface area contributed by atoms with Crippen LogP contribution in [0.5, 0.6) is 5.75 Å². The van der Waals surface area contributed by atoms with Gasteiger partial charge in [0.15, 0.2) is 0 Å². The molecule has 96 valence electrons. The summed E-state index contributed by atoms with van der Waals surface area (Å²) in [6.45, 7) is 0. The first-order chi connectivity index (χ1) is 8.70. The molecule has 1 unspecified atom stereocenters. The van der Waals surface area contributed by atoms with Gasteiger partial charge in [-0.2, -0.15) is 0 Å². The molecule has 0 saturated heterocycles. The van der Waals surface area contributed by atoms with Crippen molar-refractivity contribution in [3.63, 3.8) is 0 Å². The second-order valence-corrected chi connectivity index (χ2v) is 4.38. The van der Waals surface area contributed by atoms with E-state index in [2.05, 4.69) is 4.98 Å². The van der Waals surface area contributed by atoms with Gasteiger partial charge in [-0.25, -0.2) is 4.98 Å². The van der Waals surface area contributed by atoms with E-state index in [1.807, 2.05) is 48.3 Å². The number of nitrogens with two attached hydrogens (primary N) is 1. The number of hydrogen-bond acceptors (Lipinski definition) is 3. The van der Waals surface area contributed by atoms with E-state index in [-0.39, 0.29) is 6.04 Å². The molecule has 1 aromatic heterocycles. The number of methoxy groups -OCH3 is 1. The highest BCUT2D eigenvalue weighted by molar-refractivity contribution is 5.30. The normalized spacial score (nSPS) is 12.4. The summed E-state index contributed by atoms with van der Waals surface area (Å²) >= 11 is 0. The minimum atomic E-state index is 0.0109. The largest absolute Gasteiger partial charge is 0.497 e. The van der Waals surface area contributed by atoms with Crippen LogP contribution in [-0.2, 0) is 13.5 Å². The number of hydrogen-bond donors (Lipinski definition) is 1. The van der Waals surface area contributed by atoms with Crippen molar-refractivity contribution >= 4 is 0 Å². The molecule has 0 fully saturated rings. The van der Waals surface area contributed by atoms with Crippen LogP contribution in [0.2, 0.25) is 0 Å². The summed E-state index contributed by atoms with van der Waals surface area (Å²) in [7, 11) is 3.66. The van der Waals surface area contributed by atoms with Gasteiger partial charge in [-0.05, 0) is 24.1 Å². The molecule has 0 bridgehead atoms. The van der Waals surface area contributed by atoms with Gasteiger partial charge in [0.2, 0.25) is 0 Å². The number of rotatable bonds is 5. The molecule has 1 aromatic carbocycles. The van der Waals surface area contributed by atoms with Gasteiger partial charge in [0.1, 0.15) is 11.6 Å². The van der Waals surface area contributed by atoms with E-state index >= 15 is 0 Å². The first-order valence-electron chi connectivity index (χ1n) is 6.06. The molecule has 2 rings (SSSR count). The maximum Gasteiger partial charge on any atom is 0.119 e. The topological polar surface area (TPSA) is 53.1 Å². The van der Waals surface area contributed by atoms with Crippen molar-refractivity contribution in [2.24, 2.45) is 12.8 Å².